The number of anilines is 2. The van der Waals surface area contributed by atoms with E-state index in [0.29, 0.717) is 11.9 Å². The normalized spacial score (nSPS) is 36.2. The number of aliphatic hydroxyl groups excluding tert-OH is 2. The van der Waals surface area contributed by atoms with Crippen molar-refractivity contribution in [2.75, 3.05) is 30.8 Å². The molecule has 1 amide bonds. The molecule has 10 unspecified atom stereocenters. The van der Waals surface area contributed by atoms with E-state index in [-0.39, 0.29) is 24.9 Å². The van der Waals surface area contributed by atoms with Crippen LogP contribution >= 0.6 is 0 Å². The molecule has 0 radical (unpaired) electrons. The number of nitrogens with one attached hydrogen (secondary N) is 5. The van der Waals surface area contributed by atoms with Crippen LogP contribution in [-0.2, 0) is 23.7 Å². The maximum absolute atomic E-state index is 11.8. The number of nitrogens with zero attached hydrogens (tertiary/aromatic N) is 4. The number of ether oxygens (including phenoxy) is 4. The van der Waals surface area contributed by atoms with Crippen LogP contribution in [0.4, 0.5) is 11.9 Å². The molecule has 206 valence electrons. The molecule has 0 spiro atoms. The van der Waals surface area contributed by atoms with Crippen molar-refractivity contribution in [2.45, 2.75) is 69.0 Å². The molecule has 2 fully saturated rings. The molecular formula is C20H34N10O7. The Bertz CT molecular complexity index is 967. The smallest absolute Gasteiger partial charge is 0.218 e. The Morgan fingerprint density at radius 1 is 1.05 bits per heavy atom. The number of nitrogens with two attached hydrogens (primary N) is 1. The lowest BCUT2D eigenvalue weighted by Crippen LogP contribution is -2.68. The van der Waals surface area contributed by atoms with Crippen molar-refractivity contribution in [1.29, 1.82) is 0 Å². The molecule has 2 aromatic rings. The van der Waals surface area contributed by atoms with Crippen LogP contribution in [-0.4, -0.2) is 122 Å². The molecule has 2 saturated heterocycles. The first-order chi connectivity index (χ1) is 17.8. The molecule has 4 rings (SSSR count). The molecule has 0 bridgehead atoms. The number of aromatic amines is 2. The molecular weight excluding hydrogens is 492 g/mol. The van der Waals surface area contributed by atoms with Gasteiger partial charge in [-0.1, -0.05) is 6.92 Å². The van der Waals surface area contributed by atoms with Crippen LogP contribution in [0.15, 0.2) is 12.7 Å². The number of hydrogen-bond donors (Lipinski definition) is 8. The third-order valence-corrected chi connectivity index (χ3v) is 6.48. The topological polar surface area (TPSA) is 240 Å². The fourth-order valence-corrected chi connectivity index (χ4v) is 4.45. The van der Waals surface area contributed by atoms with Crippen LogP contribution in [0.5, 0.6) is 0 Å². The van der Waals surface area contributed by atoms with Crippen molar-refractivity contribution in [3.63, 3.8) is 0 Å². The first-order valence-electron chi connectivity index (χ1n) is 11.8. The number of aromatic nitrogens is 6. The van der Waals surface area contributed by atoms with E-state index in [1.807, 2.05) is 6.92 Å². The number of rotatable bonds is 10. The zero-order valence-corrected chi connectivity index (χ0v) is 20.6. The van der Waals surface area contributed by atoms with Crippen molar-refractivity contribution in [3.05, 3.63) is 12.7 Å². The summed E-state index contributed by atoms with van der Waals surface area (Å²) in [6.45, 7) is 3.53. The lowest BCUT2D eigenvalue weighted by Gasteiger charge is -2.48. The molecule has 2 aromatic heterocycles. The molecule has 0 saturated carbocycles. The minimum absolute atomic E-state index is 0.126. The summed E-state index contributed by atoms with van der Waals surface area (Å²) in [7, 11) is 1.40. The summed E-state index contributed by atoms with van der Waals surface area (Å²) in [6.07, 6.45) is -3.98. The van der Waals surface area contributed by atoms with Crippen molar-refractivity contribution < 1.29 is 34.0 Å². The van der Waals surface area contributed by atoms with Crippen LogP contribution in [0.25, 0.3) is 0 Å². The zero-order chi connectivity index (χ0) is 26.5. The van der Waals surface area contributed by atoms with Gasteiger partial charge in [-0.25, -0.2) is 20.2 Å². The summed E-state index contributed by atoms with van der Waals surface area (Å²) in [4.78, 5) is 19.8. The molecule has 4 heterocycles. The second-order valence-corrected chi connectivity index (χ2v) is 9.00. The van der Waals surface area contributed by atoms with Gasteiger partial charge in [0, 0.05) is 33.0 Å². The number of hydrogen-bond acceptors (Lipinski definition) is 14. The molecule has 10 atom stereocenters. The Hall–Kier alpha value is -2.93. The number of methoxy groups -OCH3 is 1. The van der Waals surface area contributed by atoms with E-state index in [4.69, 9.17) is 24.7 Å². The largest absolute Gasteiger partial charge is 0.391 e. The highest BCUT2D eigenvalue weighted by Crippen LogP contribution is 2.31. The second kappa shape index (κ2) is 12.1. The fraction of sp³-hybridized carbons (Fsp3) is 0.750. The third kappa shape index (κ3) is 6.32. The van der Waals surface area contributed by atoms with Crippen molar-refractivity contribution >= 4 is 17.8 Å². The highest BCUT2D eigenvalue weighted by Gasteiger charge is 2.50. The summed E-state index contributed by atoms with van der Waals surface area (Å²) in [6, 6.07) is -1.87. The first kappa shape index (κ1) is 27.1. The Kier molecular flexibility index (Phi) is 8.85. The maximum Gasteiger partial charge on any atom is 0.218 e. The summed E-state index contributed by atoms with van der Waals surface area (Å²) < 4.78 is 23.7. The SMILES string of the molecule is COC1OC(CNc2ncn[nH]2)C(OC2OC(CNc3ncn[nH]3)C(C)C(O)C2N)C(O)C1NC(C)=O. The average Bonchev–Trinajstić information content (AvgIpc) is 3.59. The Labute approximate surface area is 212 Å². The van der Waals surface area contributed by atoms with Gasteiger partial charge >= 0.3 is 0 Å². The first-order valence-corrected chi connectivity index (χ1v) is 11.8. The number of carbonyl (C=O) groups is 1. The van der Waals surface area contributed by atoms with Gasteiger partial charge < -0.3 is 50.8 Å². The molecule has 0 aromatic carbocycles. The Morgan fingerprint density at radius 3 is 2.19 bits per heavy atom. The second-order valence-electron chi connectivity index (χ2n) is 9.00. The lowest BCUT2D eigenvalue weighted by molar-refractivity contribution is -0.315. The van der Waals surface area contributed by atoms with E-state index in [1.54, 1.807) is 0 Å². The van der Waals surface area contributed by atoms with E-state index < -0.39 is 55.2 Å². The van der Waals surface area contributed by atoms with Crippen LogP contribution in [0.3, 0.4) is 0 Å². The molecule has 2 aliphatic heterocycles. The standard InChI is InChI=1S/C20H34N10O7/c1-8-10(4-22-19-24-6-26-29-19)35-17(12(21)14(8)32)37-16-11(5-23-20-25-7-27-30-20)36-18(34-3)13(15(16)33)28-9(2)31/h6-8,10-18,32-33H,4-5,21H2,1-3H3,(H,28,31)(H2,22,24,26,29)(H2,23,25,27,30). The van der Waals surface area contributed by atoms with Crippen molar-refractivity contribution in [1.82, 2.24) is 35.7 Å². The maximum atomic E-state index is 11.8. The minimum atomic E-state index is -1.28. The van der Waals surface area contributed by atoms with Gasteiger partial charge in [-0.2, -0.15) is 10.2 Å². The molecule has 37 heavy (non-hydrogen) atoms. The van der Waals surface area contributed by atoms with Gasteiger partial charge in [-0.15, -0.1) is 0 Å². The molecule has 17 nitrogen and oxygen atoms in total. The van der Waals surface area contributed by atoms with Crippen LogP contribution in [0.2, 0.25) is 0 Å². The lowest BCUT2D eigenvalue weighted by atomic mass is 9.89. The van der Waals surface area contributed by atoms with Crippen LogP contribution in [0.1, 0.15) is 13.8 Å². The highest BCUT2D eigenvalue weighted by molar-refractivity contribution is 5.73. The van der Waals surface area contributed by atoms with Gasteiger partial charge in [0.2, 0.25) is 17.8 Å². The van der Waals surface area contributed by atoms with Crippen LogP contribution < -0.4 is 21.7 Å². The average molecular weight is 527 g/mol. The fourth-order valence-electron chi connectivity index (χ4n) is 4.45. The highest BCUT2D eigenvalue weighted by atomic mass is 16.7. The number of aliphatic hydroxyl groups is 2. The molecule has 17 heteroatoms. The van der Waals surface area contributed by atoms with Crippen molar-refractivity contribution in [2.24, 2.45) is 11.7 Å². The number of H-pyrrole nitrogens is 2. The number of amides is 1. The Morgan fingerprint density at radius 2 is 1.65 bits per heavy atom. The quantitative estimate of drug-likeness (QED) is 0.155. The minimum Gasteiger partial charge on any atom is -0.391 e. The Balaban J connectivity index is 1.51. The van der Waals surface area contributed by atoms with Crippen LogP contribution in [0, 0.1) is 5.92 Å². The van der Waals surface area contributed by atoms with E-state index >= 15 is 0 Å². The third-order valence-electron chi connectivity index (χ3n) is 6.48. The predicted octanol–water partition coefficient (Wildman–Crippen LogP) is -2.88. The molecule has 9 N–H and O–H groups in total. The summed E-state index contributed by atoms with van der Waals surface area (Å²) >= 11 is 0. The van der Waals surface area contributed by atoms with E-state index in [2.05, 4.69) is 46.3 Å². The van der Waals surface area contributed by atoms with E-state index in [1.165, 1.54) is 26.7 Å². The monoisotopic (exact) mass is 526 g/mol. The summed E-state index contributed by atoms with van der Waals surface area (Å²) in [5, 5.41) is 43.8. The van der Waals surface area contributed by atoms with Gasteiger partial charge in [0.05, 0.1) is 18.2 Å². The van der Waals surface area contributed by atoms with Gasteiger partial charge in [0.1, 0.15) is 37.0 Å². The van der Waals surface area contributed by atoms with Gasteiger partial charge in [0.15, 0.2) is 12.6 Å². The molecule has 2 aliphatic rings. The molecule has 0 aliphatic carbocycles. The van der Waals surface area contributed by atoms with E-state index in [9.17, 15) is 15.0 Å². The zero-order valence-electron chi connectivity index (χ0n) is 20.6. The number of carbonyl (C=O) groups excluding carboxylic acids is 1. The van der Waals surface area contributed by atoms with Gasteiger partial charge in [-0.05, 0) is 0 Å². The van der Waals surface area contributed by atoms with Crippen molar-refractivity contribution in [3.8, 4) is 0 Å². The summed E-state index contributed by atoms with van der Waals surface area (Å²) in [5.41, 5.74) is 6.29. The van der Waals surface area contributed by atoms with E-state index in [0.717, 1.165) is 0 Å². The van der Waals surface area contributed by atoms with Gasteiger partial charge in [0.25, 0.3) is 0 Å². The predicted molar refractivity (Wildman–Crippen MR) is 126 cm³/mol. The van der Waals surface area contributed by atoms with Gasteiger partial charge in [-0.3, -0.25) is 4.79 Å². The summed E-state index contributed by atoms with van der Waals surface area (Å²) in [5.74, 6) is 0.0890.